The van der Waals surface area contributed by atoms with Crippen LogP contribution in [0.2, 0.25) is 0 Å². The number of hydrogen-bond donors (Lipinski definition) is 2. The fourth-order valence-electron chi connectivity index (χ4n) is 1.90. The fraction of sp³-hybridized carbons (Fsp3) is 0.900. The van der Waals surface area contributed by atoms with Gasteiger partial charge in [-0.05, 0) is 18.8 Å². The number of carbonyl (C=O) groups excluding carboxylic acids is 1. The van der Waals surface area contributed by atoms with E-state index in [4.69, 9.17) is 10.5 Å². The first-order valence-corrected chi connectivity index (χ1v) is 5.20. The third kappa shape index (κ3) is 4.36. The van der Waals surface area contributed by atoms with E-state index in [1.165, 1.54) is 12.8 Å². The fourth-order valence-corrected chi connectivity index (χ4v) is 1.90. The summed E-state index contributed by atoms with van der Waals surface area (Å²) in [5, 5.41) is 2.97. The summed E-state index contributed by atoms with van der Waals surface area (Å²) in [5.41, 5.74) is 5.61. The van der Waals surface area contributed by atoms with Crippen LogP contribution in [-0.4, -0.2) is 31.7 Å². The normalized spacial score (nSPS) is 26.9. The predicted molar refractivity (Wildman–Crippen MR) is 62.0 cm³/mol. The first-order valence-electron chi connectivity index (χ1n) is 5.20. The van der Waals surface area contributed by atoms with Crippen molar-refractivity contribution in [3.05, 3.63) is 0 Å². The smallest absolute Gasteiger partial charge is 0.239 e. The molecule has 0 radical (unpaired) electrons. The third-order valence-electron chi connectivity index (χ3n) is 2.87. The van der Waals surface area contributed by atoms with Gasteiger partial charge in [0, 0.05) is 13.2 Å². The Labute approximate surface area is 97.3 Å². The van der Waals surface area contributed by atoms with E-state index < -0.39 is 6.04 Å². The summed E-state index contributed by atoms with van der Waals surface area (Å²) in [5.74, 6) is 0.485. The summed E-state index contributed by atoms with van der Waals surface area (Å²) in [6, 6.07) is -0.224. The van der Waals surface area contributed by atoms with E-state index in [9.17, 15) is 4.79 Å². The first kappa shape index (κ1) is 14.7. The summed E-state index contributed by atoms with van der Waals surface area (Å²) in [4.78, 5) is 11.5. The molecule has 90 valence electrons. The van der Waals surface area contributed by atoms with E-state index in [1.54, 1.807) is 7.11 Å². The van der Waals surface area contributed by atoms with Crippen LogP contribution in [0.1, 0.15) is 26.2 Å². The van der Waals surface area contributed by atoms with Gasteiger partial charge in [-0.3, -0.25) is 4.79 Å². The van der Waals surface area contributed by atoms with E-state index in [-0.39, 0.29) is 24.9 Å². The van der Waals surface area contributed by atoms with E-state index in [0.717, 1.165) is 6.42 Å². The number of methoxy groups -OCH3 is 1. The van der Waals surface area contributed by atoms with Crippen LogP contribution in [0.4, 0.5) is 0 Å². The van der Waals surface area contributed by atoms with Gasteiger partial charge >= 0.3 is 0 Å². The zero-order valence-electron chi connectivity index (χ0n) is 9.36. The molecule has 15 heavy (non-hydrogen) atoms. The van der Waals surface area contributed by atoms with Crippen LogP contribution >= 0.6 is 12.4 Å². The van der Waals surface area contributed by atoms with Gasteiger partial charge in [-0.1, -0.05) is 13.3 Å². The molecule has 1 amide bonds. The highest BCUT2D eigenvalue weighted by Crippen LogP contribution is 2.24. The topological polar surface area (TPSA) is 64.3 Å². The molecule has 4 nitrogen and oxygen atoms in total. The van der Waals surface area contributed by atoms with Crippen molar-refractivity contribution in [3.8, 4) is 0 Å². The van der Waals surface area contributed by atoms with Crippen LogP contribution in [-0.2, 0) is 9.53 Å². The zero-order valence-corrected chi connectivity index (χ0v) is 10.2. The minimum absolute atomic E-state index is 0. The van der Waals surface area contributed by atoms with Gasteiger partial charge in [-0.2, -0.15) is 0 Å². The van der Waals surface area contributed by atoms with Gasteiger partial charge in [0.1, 0.15) is 6.04 Å². The lowest BCUT2D eigenvalue weighted by molar-refractivity contribution is -0.124. The number of nitrogens with two attached hydrogens (primary N) is 1. The van der Waals surface area contributed by atoms with Crippen LogP contribution in [0.3, 0.4) is 0 Å². The minimum Gasteiger partial charge on any atom is -0.383 e. The molecule has 0 spiro atoms. The largest absolute Gasteiger partial charge is 0.383 e. The molecule has 1 aliphatic carbocycles. The molecule has 0 aromatic rings. The van der Waals surface area contributed by atoms with Gasteiger partial charge in [0.05, 0.1) is 6.61 Å². The van der Waals surface area contributed by atoms with Gasteiger partial charge in [0.25, 0.3) is 0 Å². The Hall–Kier alpha value is -0.320. The minimum atomic E-state index is -0.534. The maximum Gasteiger partial charge on any atom is 0.239 e. The van der Waals surface area contributed by atoms with E-state index in [2.05, 4.69) is 12.2 Å². The number of nitrogens with one attached hydrogen (secondary N) is 1. The lowest BCUT2D eigenvalue weighted by Gasteiger charge is -2.19. The van der Waals surface area contributed by atoms with Crippen molar-refractivity contribution in [2.24, 2.45) is 11.7 Å². The Bertz CT molecular complexity index is 202. The van der Waals surface area contributed by atoms with Crippen LogP contribution in [0, 0.1) is 5.92 Å². The number of halogens is 1. The summed E-state index contributed by atoms with van der Waals surface area (Å²) < 4.78 is 4.83. The standard InChI is InChI=1S/C10H20N2O2.ClH/c1-7-4-3-5-9(7)12-10(13)8(11)6-14-2;/h7-9H,3-6,11H2,1-2H3,(H,12,13);1H. The first-order chi connectivity index (χ1) is 6.65. The average molecular weight is 237 g/mol. The van der Waals surface area contributed by atoms with Crippen LogP contribution < -0.4 is 11.1 Å². The SMILES string of the molecule is COCC(N)C(=O)NC1CCCC1C.Cl. The number of ether oxygens (including phenoxy) is 1. The second-order valence-corrected chi connectivity index (χ2v) is 4.09. The van der Waals surface area contributed by atoms with Gasteiger partial charge < -0.3 is 15.8 Å². The second-order valence-electron chi connectivity index (χ2n) is 4.09. The lowest BCUT2D eigenvalue weighted by Crippen LogP contribution is -2.48. The molecule has 1 saturated carbocycles. The Kier molecular flexibility index (Phi) is 6.89. The Morgan fingerprint density at radius 3 is 2.73 bits per heavy atom. The average Bonchev–Trinajstić information content (AvgIpc) is 2.52. The highest BCUT2D eigenvalue weighted by molar-refractivity contribution is 5.85. The molecule has 0 saturated heterocycles. The van der Waals surface area contributed by atoms with Gasteiger partial charge in [-0.15, -0.1) is 12.4 Å². The molecular formula is C10H21ClN2O2. The number of hydrogen-bond acceptors (Lipinski definition) is 3. The van der Waals surface area contributed by atoms with E-state index in [0.29, 0.717) is 12.0 Å². The van der Waals surface area contributed by atoms with Gasteiger partial charge in [0.2, 0.25) is 5.91 Å². The molecule has 3 unspecified atom stereocenters. The zero-order chi connectivity index (χ0) is 10.6. The van der Waals surface area contributed by atoms with Crippen molar-refractivity contribution in [1.82, 2.24) is 5.32 Å². The number of amides is 1. The summed E-state index contributed by atoms with van der Waals surface area (Å²) >= 11 is 0. The molecule has 3 N–H and O–H groups in total. The third-order valence-corrected chi connectivity index (χ3v) is 2.87. The molecule has 0 aliphatic heterocycles. The highest BCUT2D eigenvalue weighted by atomic mass is 35.5. The van der Waals surface area contributed by atoms with Crippen molar-refractivity contribution in [2.45, 2.75) is 38.3 Å². The summed E-state index contributed by atoms with van der Waals surface area (Å²) in [6.07, 6.45) is 3.47. The summed E-state index contributed by atoms with van der Waals surface area (Å²) in [6.45, 7) is 2.45. The van der Waals surface area contributed by atoms with Crippen molar-refractivity contribution < 1.29 is 9.53 Å². The van der Waals surface area contributed by atoms with Crippen molar-refractivity contribution >= 4 is 18.3 Å². The van der Waals surface area contributed by atoms with Crippen LogP contribution in [0.5, 0.6) is 0 Å². The monoisotopic (exact) mass is 236 g/mol. The second kappa shape index (κ2) is 7.04. The molecule has 0 bridgehead atoms. The quantitative estimate of drug-likeness (QED) is 0.755. The maximum atomic E-state index is 11.5. The molecule has 1 rings (SSSR count). The number of rotatable bonds is 4. The Balaban J connectivity index is 0.00000196. The van der Waals surface area contributed by atoms with Gasteiger partial charge in [-0.25, -0.2) is 0 Å². The highest BCUT2D eigenvalue weighted by Gasteiger charge is 2.26. The molecule has 0 aromatic carbocycles. The molecule has 1 aliphatic rings. The summed E-state index contributed by atoms with van der Waals surface area (Å²) in [7, 11) is 1.55. The van der Waals surface area contributed by atoms with Crippen molar-refractivity contribution in [2.75, 3.05) is 13.7 Å². The molecule has 0 aromatic heterocycles. The van der Waals surface area contributed by atoms with Gasteiger partial charge in [0.15, 0.2) is 0 Å². The number of carbonyl (C=O) groups is 1. The predicted octanol–water partition coefficient (Wildman–Crippen LogP) is 0.687. The van der Waals surface area contributed by atoms with E-state index in [1.807, 2.05) is 0 Å². The molecule has 5 heteroatoms. The van der Waals surface area contributed by atoms with Crippen LogP contribution in [0.25, 0.3) is 0 Å². The Morgan fingerprint density at radius 1 is 1.60 bits per heavy atom. The van der Waals surface area contributed by atoms with Crippen molar-refractivity contribution in [3.63, 3.8) is 0 Å². The molecular weight excluding hydrogens is 216 g/mol. The van der Waals surface area contributed by atoms with Crippen LogP contribution in [0.15, 0.2) is 0 Å². The molecule has 0 heterocycles. The lowest BCUT2D eigenvalue weighted by atomic mass is 10.1. The molecule has 1 fully saturated rings. The van der Waals surface area contributed by atoms with Crippen molar-refractivity contribution in [1.29, 1.82) is 0 Å². The maximum absolute atomic E-state index is 11.5. The Morgan fingerprint density at radius 2 is 2.27 bits per heavy atom. The van der Waals surface area contributed by atoms with E-state index >= 15 is 0 Å². The molecule has 3 atom stereocenters.